The first-order chi connectivity index (χ1) is 11.5. The Morgan fingerprint density at radius 1 is 1.17 bits per heavy atom. The van der Waals surface area contributed by atoms with E-state index in [1.165, 1.54) is 69.3 Å². The SMILES string of the molecule is CCCCCCCCn1cc[n+](C)c1.O=C(O)c1ccccc1[O-]. The number of para-hydroxylation sites is 1. The summed E-state index contributed by atoms with van der Waals surface area (Å²) in [5, 5.41) is 19.0. The zero-order valence-electron chi connectivity index (χ0n) is 14.6. The molecule has 0 saturated carbocycles. The Hall–Kier alpha value is -2.30. The lowest BCUT2D eigenvalue weighted by Crippen LogP contribution is -2.23. The standard InChI is InChI=1S/C12H23N2.C7H6O3/c1-3-4-5-6-7-8-9-14-11-10-13(2)12-14;8-6-4-2-1-3-5(6)7(9)10/h10-12H,3-9H2,1-2H3;1-4,8H,(H,9,10)/q+1;/p-1. The molecule has 1 aromatic carbocycles. The summed E-state index contributed by atoms with van der Waals surface area (Å²) in [7, 11) is 2.07. The summed E-state index contributed by atoms with van der Waals surface area (Å²) in [6.07, 6.45) is 14.6. The van der Waals surface area contributed by atoms with E-state index in [1.807, 2.05) is 0 Å². The van der Waals surface area contributed by atoms with Gasteiger partial charge in [0.2, 0.25) is 6.33 Å². The van der Waals surface area contributed by atoms with Crippen LogP contribution in [0.4, 0.5) is 0 Å². The Morgan fingerprint density at radius 3 is 2.38 bits per heavy atom. The molecule has 5 nitrogen and oxygen atoms in total. The second-order valence-corrected chi connectivity index (χ2v) is 5.89. The van der Waals surface area contributed by atoms with E-state index in [4.69, 9.17) is 5.11 Å². The molecule has 132 valence electrons. The Morgan fingerprint density at radius 2 is 1.83 bits per heavy atom. The van der Waals surface area contributed by atoms with Crippen LogP contribution in [0.2, 0.25) is 0 Å². The Bertz CT molecular complexity index is 608. The minimum atomic E-state index is -1.18. The maximum atomic E-state index is 10.7. The van der Waals surface area contributed by atoms with Gasteiger partial charge in [0.05, 0.1) is 19.2 Å². The predicted molar refractivity (Wildman–Crippen MR) is 91.8 cm³/mol. The quantitative estimate of drug-likeness (QED) is 0.596. The number of aromatic nitrogens is 2. The molecule has 0 atom stereocenters. The van der Waals surface area contributed by atoms with Crippen LogP contribution in [0.5, 0.6) is 5.75 Å². The van der Waals surface area contributed by atoms with Gasteiger partial charge in [0.15, 0.2) is 0 Å². The van der Waals surface area contributed by atoms with Gasteiger partial charge in [-0.2, -0.15) is 0 Å². The summed E-state index contributed by atoms with van der Waals surface area (Å²) >= 11 is 0. The number of imidazole rings is 1. The molecule has 2 aromatic rings. The molecule has 0 fully saturated rings. The minimum Gasteiger partial charge on any atom is -0.872 e. The molecule has 0 aliphatic carbocycles. The van der Waals surface area contributed by atoms with Crippen LogP contribution < -0.4 is 9.67 Å². The third-order valence-corrected chi connectivity index (χ3v) is 3.71. The Labute approximate surface area is 144 Å². The number of aromatic carboxylic acids is 1. The Balaban J connectivity index is 0.000000254. The zero-order chi connectivity index (χ0) is 17.8. The largest absolute Gasteiger partial charge is 0.872 e. The van der Waals surface area contributed by atoms with E-state index in [2.05, 4.69) is 41.8 Å². The molecule has 24 heavy (non-hydrogen) atoms. The van der Waals surface area contributed by atoms with Crippen LogP contribution in [0.3, 0.4) is 0 Å². The summed E-state index contributed by atoms with van der Waals surface area (Å²) < 4.78 is 4.36. The molecule has 0 unspecified atom stereocenters. The van der Waals surface area contributed by atoms with Gasteiger partial charge in [0.1, 0.15) is 12.4 Å². The summed E-state index contributed by atoms with van der Waals surface area (Å²) in [4.78, 5) is 10.2. The van der Waals surface area contributed by atoms with Crippen molar-refractivity contribution < 1.29 is 19.6 Å². The molecule has 1 N–H and O–H groups in total. The molecule has 0 amide bonds. The topological polar surface area (TPSA) is 69.2 Å². The molecule has 5 heteroatoms. The van der Waals surface area contributed by atoms with Crippen molar-refractivity contribution in [2.24, 2.45) is 7.05 Å². The lowest BCUT2D eigenvalue weighted by atomic mass is 10.1. The van der Waals surface area contributed by atoms with E-state index >= 15 is 0 Å². The van der Waals surface area contributed by atoms with Crippen molar-refractivity contribution in [3.63, 3.8) is 0 Å². The lowest BCUT2D eigenvalue weighted by molar-refractivity contribution is -0.671. The van der Waals surface area contributed by atoms with Gasteiger partial charge < -0.3 is 10.2 Å². The van der Waals surface area contributed by atoms with E-state index in [-0.39, 0.29) is 5.56 Å². The number of unbranched alkanes of at least 4 members (excludes halogenated alkanes) is 5. The van der Waals surface area contributed by atoms with Gasteiger partial charge >= 0.3 is 5.97 Å². The molecular weight excluding hydrogens is 304 g/mol. The molecule has 0 aliphatic heterocycles. The van der Waals surface area contributed by atoms with Gasteiger partial charge in [-0.15, -0.1) is 0 Å². The highest BCUT2D eigenvalue weighted by Crippen LogP contribution is 2.10. The molecule has 0 saturated heterocycles. The average Bonchev–Trinajstić information content (AvgIpc) is 2.97. The maximum Gasteiger partial charge on any atom is 0.335 e. The fraction of sp³-hybridized carbons (Fsp3) is 0.474. The van der Waals surface area contributed by atoms with Crippen molar-refractivity contribution in [2.45, 2.75) is 52.0 Å². The minimum absolute atomic E-state index is 0.178. The summed E-state index contributed by atoms with van der Waals surface area (Å²) in [6, 6.07) is 5.54. The van der Waals surface area contributed by atoms with Crippen LogP contribution >= 0.6 is 0 Å². The third-order valence-electron chi connectivity index (χ3n) is 3.71. The number of carbonyl (C=O) groups is 1. The number of rotatable bonds is 8. The van der Waals surface area contributed by atoms with E-state index < -0.39 is 11.7 Å². The number of carboxylic acid groups (broad SMARTS) is 1. The molecule has 1 heterocycles. The van der Waals surface area contributed by atoms with Crippen LogP contribution in [0.25, 0.3) is 0 Å². The normalized spacial score (nSPS) is 10.1. The van der Waals surface area contributed by atoms with Crippen LogP contribution in [-0.4, -0.2) is 15.6 Å². The molecule has 1 aromatic heterocycles. The lowest BCUT2D eigenvalue weighted by Gasteiger charge is -2.07. The zero-order valence-corrected chi connectivity index (χ0v) is 14.6. The van der Waals surface area contributed by atoms with Crippen molar-refractivity contribution in [1.82, 2.24) is 4.57 Å². The van der Waals surface area contributed by atoms with Crippen molar-refractivity contribution in [1.29, 1.82) is 0 Å². The first kappa shape index (κ1) is 19.7. The van der Waals surface area contributed by atoms with Gasteiger partial charge in [0.25, 0.3) is 0 Å². The number of carboxylic acids is 1. The molecule has 0 aliphatic rings. The Kier molecular flexibility index (Phi) is 9.27. The molecular formula is C19H28N2O3. The first-order valence-electron chi connectivity index (χ1n) is 8.55. The average molecular weight is 332 g/mol. The summed E-state index contributed by atoms with van der Waals surface area (Å²) in [5.74, 6) is -1.62. The second kappa shape index (κ2) is 11.3. The smallest absolute Gasteiger partial charge is 0.335 e. The van der Waals surface area contributed by atoms with Crippen molar-refractivity contribution >= 4 is 5.97 Å². The van der Waals surface area contributed by atoms with E-state index in [0.717, 1.165) is 0 Å². The number of nitrogens with zero attached hydrogens (tertiary/aromatic N) is 2. The van der Waals surface area contributed by atoms with Crippen LogP contribution in [0, 0.1) is 0 Å². The van der Waals surface area contributed by atoms with Gasteiger partial charge in [-0.25, -0.2) is 13.9 Å². The maximum absolute atomic E-state index is 10.7. The van der Waals surface area contributed by atoms with Crippen molar-refractivity contribution in [3.8, 4) is 5.75 Å². The first-order valence-corrected chi connectivity index (χ1v) is 8.55. The predicted octanol–water partition coefficient (Wildman–Crippen LogP) is 3.13. The highest BCUT2D eigenvalue weighted by atomic mass is 16.4. The number of aryl methyl sites for hydroxylation is 2. The van der Waals surface area contributed by atoms with Crippen molar-refractivity contribution in [2.75, 3.05) is 0 Å². The number of benzene rings is 1. The number of hydrogen-bond donors (Lipinski definition) is 1. The van der Waals surface area contributed by atoms with Gasteiger partial charge in [-0.05, 0) is 18.9 Å². The summed E-state index contributed by atoms with van der Waals surface area (Å²) in [5.41, 5.74) is -0.178. The third kappa shape index (κ3) is 7.81. The second-order valence-electron chi connectivity index (χ2n) is 5.89. The molecule has 0 bridgehead atoms. The fourth-order valence-corrected chi connectivity index (χ4v) is 2.35. The van der Waals surface area contributed by atoms with E-state index in [0.29, 0.717) is 0 Å². The van der Waals surface area contributed by atoms with Crippen LogP contribution in [-0.2, 0) is 13.6 Å². The number of hydrogen-bond acceptors (Lipinski definition) is 2. The molecule has 0 spiro atoms. The van der Waals surface area contributed by atoms with Crippen LogP contribution in [0.1, 0.15) is 55.8 Å². The van der Waals surface area contributed by atoms with Crippen molar-refractivity contribution in [3.05, 3.63) is 48.5 Å². The highest BCUT2D eigenvalue weighted by Gasteiger charge is 2.00. The van der Waals surface area contributed by atoms with E-state index in [9.17, 15) is 9.90 Å². The fourth-order valence-electron chi connectivity index (χ4n) is 2.35. The van der Waals surface area contributed by atoms with E-state index in [1.54, 1.807) is 0 Å². The highest BCUT2D eigenvalue weighted by molar-refractivity contribution is 5.90. The van der Waals surface area contributed by atoms with Gasteiger partial charge in [-0.1, -0.05) is 56.6 Å². The molecule has 2 rings (SSSR count). The molecule has 0 radical (unpaired) electrons. The van der Waals surface area contributed by atoms with Crippen LogP contribution in [0.15, 0.2) is 43.0 Å². The van der Waals surface area contributed by atoms with Gasteiger partial charge in [0, 0.05) is 0 Å². The monoisotopic (exact) mass is 332 g/mol. The van der Waals surface area contributed by atoms with Gasteiger partial charge in [-0.3, -0.25) is 0 Å². The summed E-state index contributed by atoms with van der Waals surface area (Å²) in [6.45, 7) is 3.44.